The molecule has 0 fully saturated rings. The molecule has 0 aliphatic rings. The van der Waals surface area contributed by atoms with Crippen molar-refractivity contribution in [2.24, 2.45) is 0 Å². The molecule has 8 aromatic carbocycles. The molecule has 0 saturated carbocycles. The Morgan fingerprint density at radius 2 is 0.925 bits per heavy atom. The van der Waals surface area contributed by atoms with Crippen LogP contribution >= 0.6 is 11.3 Å². The molecule has 250 valence electrons. The second-order valence-electron chi connectivity index (χ2n) is 13.2. The highest BCUT2D eigenvalue weighted by atomic mass is 32.1. The largest absolute Gasteiger partial charge is 0.456 e. The molecule has 3 nitrogen and oxygen atoms in total. The zero-order valence-electron chi connectivity index (χ0n) is 28.7. The smallest absolute Gasteiger partial charge is 0.137 e. The molecule has 0 N–H and O–H groups in total. The zero-order valence-corrected chi connectivity index (χ0v) is 29.5. The van der Waals surface area contributed by atoms with Gasteiger partial charge in [-0.2, -0.15) is 0 Å². The average Bonchev–Trinajstić information content (AvgIpc) is 3.84. The fourth-order valence-electron chi connectivity index (χ4n) is 7.27. The lowest BCUT2D eigenvalue weighted by Crippen LogP contribution is -2.10. The van der Waals surface area contributed by atoms with Crippen LogP contribution in [0.5, 0.6) is 0 Å². The number of thiazole rings is 1. The SMILES string of the molecule is c1ccc(-c2ccc(N(c3ccc(-c4ccc5c(c4)oc4ccc6nc(-c7ccccc7)sc6c45)cc3)c3cccc(-c4ccccc4)c3)cc2)cc1. The van der Waals surface area contributed by atoms with E-state index in [2.05, 4.69) is 187 Å². The van der Waals surface area contributed by atoms with Crippen molar-refractivity contribution in [3.8, 4) is 44.0 Å². The Morgan fingerprint density at radius 1 is 0.396 bits per heavy atom. The standard InChI is InChI=1S/C49H32N2OS/c1-4-11-33(12-5-1)35-19-24-40(25-20-35)51(42-18-10-17-38(31-42)34-13-6-2-7-14-34)41-26-21-36(22-27-41)39-23-28-43-46(32-39)52-45-30-29-44-48(47(43)45)53-49(50-44)37-15-8-3-9-16-37/h1-32H. The van der Waals surface area contributed by atoms with Crippen LogP contribution in [-0.4, -0.2) is 4.98 Å². The van der Waals surface area contributed by atoms with Crippen molar-refractivity contribution in [3.05, 3.63) is 194 Å². The summed E-state index contributed by atoms with van der Waals surface area (Å²) >= 11 is 1.72. The first-order chi connectivity index (χ1) is 26.2. The molecule has 0 spiro atoms. The van der Waals surface area contributed by atoms with Crippen LogP contribution in [0.3, 0.4) is 0 Å². The number of anilines is 3. The molecule has 0 aliphatic heterocycles. The molecule has 0 aliphatic carbocycles. The van der Waals surface area contributed by atoms with Gasteiger partial charge in [0.15, 0.2) is 0 Å². The van der Waals surface area contributed by atoms with Gasteiger partial charge in [-0.1, -0.05) is 133 Å². The number of hydrogen-bond donors (Lipinski definition) is 0. The molecule has 0 amide bonds. The van der Waals surface area contributed by atoms with E-state index >= 15 is 0 Å². The first-order valence-corrected chi connectivity index (χ1v) is 18.6. The van der Waals surface area contributed by atoms with Crippen LogP contribution in [0, 0.1) is 0 Å². The van der Waals surface area contributed by atoms with Gasteiger partial charge < -0.3 is 9.32 Å². The van der Waals surface area contributed by atoms with E-state index in [1.807, 2.05) is 12.1 Å². The van der Waals surface area contributed by atoms with E-state index in [-0.39, 0.29) is 0 Å². The fourth-order valence-corrected chi connectivity index (χ4v) is 8.39. The third kappa shape index (κ3) is 5.76. The van der Waals surface area contributed by atoms with Crippen molar-refractivity contribution in [2.75, 3.05) is 4.90 Å². The monoisotopic (exact) mass is 696 g/mol. The van der Waals surface area contributed by atoms with Crippen LogP contribution in [0.15, 0.2) is 199 Å². The normalized spacial score (nSPS) is 11.4. The second kappa shape index (κ2) is 13.1. The number of benzene rings is 8. The van der Waals surface area contributed by atoms with E-state index in [0.29, 0.717) is 0 Å². The summed E-state index contributed by atoms with van der Waals surface area (Å²) in [5, 5.41) is 3.26. The van der Waals surface area contributed by atoms with Gasteiger partial charge in [0.05, 0.1) is 10.2 Å². The summed E-state index contributed by atoms with van der Waals surface area (Å²) in [5.74, 6) is 0. The van der Waals surface area contributed by atoms with Crippen LogP contribution in [0.1, 0.15) is 0 Å². The molecular weight excluding hydrogens is 665 g/mol. The minimum absolute atomic E-state index is 0.876. The molecule has 10 rings (SSSR count). The fraction of sp³-hybridized carbons (Fsp3) is 0. The van der Waals surface area contributed by atoms with E-state index in [9.17, 15) is 0 Å². The van der Waals surface area contributed by atoms with Crippen molar-refractivity contribution in [2.45, 2.75) is 0 Å². The summed E-state index contributed by atoms with van der Waals surface area (Å²) in [6.07, 6.45) is 0. The minimum atomic E-state index is 0.876. The van der Waals surface area contributed by atoms with E-state index in [1.54, 1.807) is 11.3 Å². The van der Waals surface area contributed by atoms with Gasteiger partial charge in [0, 0.05) is 33.4 Å². The highest BCUT2D eigenvalue weighted by molar-refractivity contribution is 7.22. The summed E-state index contributed by atoms with van der Waals surface area (Å²) in [7, 11) is 0. The maximum Gasteiger partial charge on any atom is 0.137 e. The molecule has 2 heterocycles. The van der Waals surface area contributed by atoms with Gasteiger partial charge in [-0.3, -0.25) is 0 Å². The second-order valence-corrected chi connectivity index (χ2v) is 14.2. The molecule has 10 aromatic rings. The quantitative estimate of drug-likeness (QED) is 0.166. The van der Waals surface area contributed by atoms with Gasteiger partial charge in [0.1, 0.15) is 16.2 Å². The lowest BCUT2D eigenvalue weighted by molar-refractivity contribution is 0.669. The summed E-state index contributed by atoms with van der Waals surface area (Å²) in [6.45, 7) is 0. The van der Waals surface area contributed by atoms with Crippen LogP contribution in [0.25, 0.3) is 76.1 Å². The van der Waals surface area contributed by atoms with Crippen molar-refractivity contribution in [1.82, 2.24) is 4.98 Å². The number of fused-ring (bicyclic) bond motifs is 5. The Morgan fingerprint density at radius 3 is 1.58 bits per heavy atom. The molecular formula is C49H32N2OS. The van der Waals surface area contributed by atoms with Gasteiger partial charge in [-0.15, -0.1) is 11.3 Å². The lowest BCUT2D eigenvalue weighted by Gasteiger charge is -2.26. The zero-order chi connectivity index (χ0) is 35.1. The molecule has 0 saturated heterocycles. The van der Waals surface area contributed by atoms with Gasteiger partial charge in [0.2, 0.25) is 0 Å². The maximum atomic E-state index is 6.48. The Bertz CT molecular complexity index is 2860. The van der Waals surface area contributed by atoms with Crippen LogP contribution in [-0.2, 0) is 0 Å². The van der Waals surface area contributed by atoms with E-state index in [0.717, 1.165) is 70.9 Å². The summed E-state index contributed by atoms with van der Waals surface area (Å²) in [5.41, 5.74) is 14.2. The predicted octanol–water partition coefficient (Wildman–Crippen LogP) is 14.3. The number of aromatic nitrogens is 1. The topological polar surface area (TPSA) is 29.3 Å². The number of nitrogens with zero attached hydrogens (tertiary/aromatic N) is 2. The lowest BCUT2D eigenvalue weighted by atomic mass is 10.0. The molecule has 0 radical (unpaired) electrons. The third-order valence-corrected chi connectivity index (χ3v) is 11.1. The number of furan rings is 1. The highest BCUT2D eigenvalue weighted by Crippen LogP contribution is 2.42. The Hall–Kier alpha value is -6.75. The Labute approximate surface area is 311 Å². The molecule has 0 unspecified atom stereocenters. The van der Waals surface area contributed by atoms with Gasteiger partial charge in [0.25, 0.3) is 0 Å². The summed E-state index contributed by atoms with van der Waals surface area (Å²) < 4.78 is 7.63. The highest BCUT2D eigenvalue weighted by Gasteiger charge is 2.17. The average molecular weight is 697 g/mol. The number of hydrogen-bond acceptors (Lipinski definition) is 4. The van der Waals surface area contributed by atoms with Crippen molar-refractivity contribution in [3.63, 3.8) is 0 Å². The van der Waals surface area contributed by atoms with Crippen LogP contribution < -0.4 is 4.90 Å². The number of rotatable bonds is 7. The van der Waals surface area contributed by atoms with E-state index in [1.165, 1.54) is 22.3 Å². The van der Waals surface area contributed by atoms with Gasteiger partial charge in [-0.05, 0) is 94.0 Å². The van der Waals surface area contributed by atoms with E-state index in [4.69, 9.17) is 9.40 Å². The van der Waals surface area contributed by atoms with E-state index < -0.39 is 0 Å². The van der Waals surface area contributed by atoms with Crippen LogP contribution in [0.4, 0.5) is 17.1 Å². The predicted molar refractivity (Wildman–Crippen MR) is 223 cm³/mol. The summed E-state index contributed by atoms with van der Waals surface area (Å²) in [4.78, 5) is 7.29. The molecule has 2 aromatic heterocycles. The van der Waals surface area contributed by atoms with Crippen LogP contribution in [0.2, 0.25) is 0 Å². The van der Waals surface area contributed by atoms with Gasteiger partial charge in [-0.25, -0.2) is 4.98 Å². The maximum absolute atomic E-state index is 6.48. The first-order valence-electron chi connectivity index (χ1n) is 17.8. The molecule has 53 heavy (non-hydrogen) atoms. The minimum Gasteiger partial charge on any atom is -0.456 e. The molecule has 0 atom stereocenters. The van der Waals surface area contributed by atoms with Gasteiger partial charge >= 0.3 is 0 Å². The van der Waals surface area contributed by atoms with Crippen molar-refractivity contribution in [1.29, 1.82) is 0 Å². The third-order valence-electron chi connectivity index (χ3n) is 9.91. The Kier molecular flexibility index (Phi) is 7.67. The Balaban J connectivity index is 1.02. The molecule has 0 bridgehead atoms. The van der Waals surface area contributed by atoms with Crippen molar-refractivity contribution < 1.29 is 4.42 Å². The summed E-state index contributed by atoms with van der Waals surface area (Å²) in [6, 6.07) is 68.6. The molecule has 4 heteroatoms. The van der Waals surface area contributed by atoms with Crippen molar-refractivity contribution >= 4 is 60.6 Å². The first kappa shape index (κ1) is 31.0.